The summed E-state index contributed by atoms with van der Waals surface area (Å²) in [6.07, 6.45) is 1.50. The van der Waals surface area contributed by atoms with Crippen molar-refractivity contribution in [3.8, 4) is 0 Å². The normalized spacial score (nSPS) is 13.8. The van der Waals surface area contributed by atoms with Gasteiger partial charge < -0.3 is 17.5 Å². The molecule has 0 aliphatic carbocycles. The van der Waals surface area contributed by atoms with Crippen LogP contribution in [0.5, 0.6) is 0 Å². The van der Waals surface area contributed by atoms with Crippen LogP contribution in [0, 0.1) is 4.77 Å². The zero-order valence-electron chi connectivity index (χ0n) is 10.3. The molecule has 0 fully saturated rings. The maximum absolute atomic E-state index is 5.12. The van der Waals surface area contributed by atoms with E-state index in [1.54, 1.807) is 0 Å². The van der Waals surface area contributed by atoms with Crippen LogP contribution in [0.2, 0.25) is 0 Å². The van der Waals surface area contributed by atoms with Crippen molar-refractivity contribution in [2.24, 2.45) is 5.10 Å². The topological polar surface area (TPSA) is 63.3 Å². The summed E-state index contributed by atoms with van der Waals surface area (Å²) in [4.78, 5) is 5.62. The second kappa shape index (κ2) is 6.30. The SMILES string of the molecule is CN1CN(c2ccccc2)C([S-])=N1.S=c1nc[nH][nH]1. The summed E-state index contributed by atoms with van der Waals surface area (Å²) in [5.74, 6) is 0. The minimum Gasteiger partial charge on any atom is -0.740 e. The van der Waals surface area contributed by atoms with Gasteiger partial charge in [0.25, 0.3) is 0 Å². The Labute approximate surface area is 121 Å². The van der Waals surface area contributed by atoms with Crippen LogP contribution in [0.15, 0.2) is 41.8 Å². The van der Waals surface area contributed by atoms with Gasteiger partial charge in [0, 0.05) is 17.9 Å². The number of hydrazone groups is 1. The van der Waals surface area contributed by atoms with Gasteiger partial charge in [0.2, 0.25) is 4.77 Å². The molecule has 1 aromatic heterocycles. The van der Waals surface area contributed by atoms with Crippen LogP contribution < -0.4 is 4.90 Å². The Hall–Kier alpha value is -1.93. The van der Waals surface area contributed by atoms with Gasteiger partial charge >= 0.3 is 0 Å². The lowest BCUT2D eigenvalue weighted by atomic mass is 10.3. The van der Waals surface area contributed by atoms with E-state index in [1.807, 2.05) is 47.3 Å². The first kappa shape index (κ1) is 13.5. The molecule has 0 spiro atoms. The molecule has 0 saturated heterocycles. The van der Waals surface area contributed by atoms with Gasteiger partial charge in [0.15, 0.2) is 0 Å². The molecule has 2 N–H and O–H groups in total. The standard InChI is InChI=1S/C9H11N3S.C2H3N3S/c1-11-7-12(9(13)10-11)8-5-3-2-4-6-8;6-2-3-1-4-5-2/h2-6H,7H2,1H3,(H,10,13);1H,(H2,3,4,5,6)/p-1. The third-order valence-corrected chi connectivity index (χ3v) is 2.84. The van der Waals surface area contributed by atoms with Gasteiger partial charge in [-0.3, -0.25) is 15.2 Å². The number of benzene rings is 1. The van der Waals surface area contributed by atoms with Gasteiger partial charge in [-0.25, -0.2) is 4.98 Å². The maximum Gasteiger partial charge on any atom is 0.213 e. The van der Waals surface area contributed by atoms with Crippen molar-refractivity contribution in [2.45, 2.75) is 0 Å². The molecule has 8 heteroatoms. The summed E-state index contributed by atoms with van der Waals surface area (Å²) in [5, 5.41) is 11.8. The number of hydrogen-bond donors (Lipinski definition) is 2. The molecule has 1 aliphatic heterocycles. The summed E-state index contributed by atoms with van der Waals surface area (Å²) in [7, 11) is 1.91. The van der Waals surface area contributed by atoms with E-state index in [9.17, 15) is 0 Å². The third kappa shape index (κ3) is 3.76. The molecule has 0 atom stereocenters. The summed E-state index contributed by atoms with van der Waals surface area (Å²) in [5.41, 5.74) is 1.10. The van der Waals surface area contributed by atoms with Crippen LogP contribution >= 0.6 is 12.2 Å². The Kier molecular flexibility index (Phi) is 4.48. The summed E-state index contributed by atoms with van der Waals surface area (Å²) >= 11 is 9.66. The number of aromatic amines is 2. The van der Waals surface area contributed by atoms with Crippen molar-refractivity contribution in [1.82, 2.24) is 20.2 Å². The Morgan fingerprint density at radius 2 is 2.05 bits per heavy atom. The van der Waals surface area contributed by atoms with Gasteiger partial charge in [0.1, 0.15) is 13.0 Å². The summed E-state index contributed by atoms with van der Waals surface area (Å²) in [6.45, 7) is 0.739. The van der Waals surface area contributed by atoms with Crippen molar-refractivity contribution < 1.29 is 0 Å². The van der Waals surface area contributed by atoms with E-state index in [4.69, 9.17) is 12.6 Å². The van der Waals surface area contributed by atoms with E-state index in [1.165, 1.54) is 6.33 Å². The lowest BCUT2D eigenvalue weighted by molar-refractivity contribution is 0.393. The lowest BCUT2D eigenvalue weighted by Gasteiger charge is -2.23. The number of H-pyrrole nitrogens is 2. The van der Waals surface area contributed by atoms with Crippen molar-refractivity contribution in [2.75, 3.05) is 18.6 Å². The van der Waals surface area contributed by atoms with E-state index in [0.717, 1.165) is 12.4 Å². The first-order valence-electron chi connectivity index (χ1n) is 5.54. The first-order chi connectivity index (χ1) is 9.16. The zero-order chi connectivity index (χ0) is 13.7. The molecule has 100 valence electrons. The molecule has 3 rings (SSSR count). The monoisotopic (exact) mass is 293 g/mol. The largest absolute Gasteiger partial charge is 0.740 e. The molecule has 2 heterocycles. The van der Waals surface area contributed by atoms with E-state index < -0.39 is 0 Å². The van der Waals surface area contributed by atoms with E-state index in [-0.39, 0.29) is 0 Å². The minimum absolute atomic E-state index is 0.495. The zero-order valence-corrected chi connectivity index (χ0v) is 11.9. The minimum atomic E-state index is 0.495. The second-order valence-corrected chi connectivity index (χ2v) is 4.53. The van der Waals surface area contributed by atoms with Gasteiger partial charge in [-0.05, 0) is 24.4 Å². The van der Waals surface area contributed by atoms with Crippen molar-refractivity contribution in [3.63, 3.8) is 0 Å². The van der Waals surface area contributed by atoms with E-state index in [0.29, 0.717) is 9.94 Å². The fourth-order valence-electron chi connectivity index (χ4n) is 1.51. The summed E-state index contributed by atoms with van der Waals surface area (Å²) < 4.78 is 0.495. The molecular weight excluding hydrogens is 280 g/mol. The fourth-order valence-corrected chi connectivity index (χ4v) is 1.93. The molecule has 2 aromatic rings. The predicted octanol–water partition coefficient (Wildman–Crippen LogP) is 1.68. The fraction of sp³-hybridized carbons (Fsp3) is 0.182. The van der Waals surface area contributed by atoms with E-state index in [2.05, 4.69) is 32.5 Å². The molecule has 6 nitrogen and oxygen atoms in total. The molecule has 1 aliphatic rings. The average molecular weight is 293 g/mol. The van der Waals surface area contributed by atoms with Crippen LogP contribution in [0.3, 0.4) is 0 Å². The van der Waals surface area contributed by atoms with Crippen LogP contribution in [-0.4, -0.2) is 39.1 Å². The Morgan fingerprint density at radius 3 is 2.47 bits per heavy atom. The average Bonchev–Trinajstić information content (AvgIpc) is 3.00. The number of anilines is 1. The number of nitrogens with one attached hydrogen (secondary N) is 2. The molecule has 0 amide bonds. The molecule has 19 heavy (non-hydrogen) atoms. The molecule has 0 saturated carbocycles. The van der Waals surface area contributed by atoms with Crippen LogP contribution in [-0.2, 0) is 12.6 Å². The number of nitrogens with zero attached hydrogens (tertiary/aromatic N) is 4. The Bertz CT molecular complexity index is 574. The number of aromatic nitrogens is 3. The number of hydrogen-bond acceptors (Lipinski definition) is 6. The molecule has 1 aromatic carbocycles. The molecule has 0 radical (unpaired) electrons. The van der Waals surface area contributed by atoms with Gasteiger partial charge in [-0.1, -0.05) is 18.2 Å². The van der Waals surface area contributed by atoms with Crippen molar-refractivity contribution in [3.05, 3.63) is 41.4 Å². The van der Waals surface area contributed by atoms with Crippen molar-refractivity contribution >= 4 is 35.7 Å². The highest BCUT2D eigenvalue weighted by molar-refractivity contribution is 7.77. The molecule has 0 unspecified atom stereocenters. The Morgan fingerprint density at radius 1 is 1.32 bits per heavy atom. The lowest BCUT2D eigenvalue weighted by Crippen LogP contribution is -2.28. The van der Waals surface area contributed by atoms with Crippen LogP contribution in [0.25, 0.3) is 0 Å². The number of rotatable bonds is 1. The van der Waals surface area contributed by atoms with E-state index >= 15 is 0 Å². The number of amidine groups is 1. The predicted molar refractivity (Wildman–Crippen MR) is 80.1 cm³/mol. The van der Waals surface area contributed by atoms with Gasteiger partial charge in [0.05, 0.1) is 0 Å². The van der Waals surface area contributed by atoms with Crippen LogP contribution in [0.4, 0.5) is 5.69 Å². The maximum atomic E-state index is 5.12. The second-order valence-electron chi connectivity index (χ2n) is 3.78. The molecule has 0 bridgehead atoms. The quantitative estimate of drug-likeness (QED) is 0.619. The highest BCUT2D eigenvalue weighted by Gasteiger charge is 2.12. The molecular formula is C11H13N6S2-. The third-order valence-electron chi connectivity index (χ3n) is 2.33. The van der Waals surface area contributed by atoms with Crippen LogP contribution in [0.1, 0.15) is 0 Å². The Balaban J connectivity index is 0.000000186. The number of para-hydroxylation sites is 1. The first-order valence-corrected chi connectivity index (χ1v) is 6.36. The van der Waals surface area contributed by atoms with Gasteiger partial charge in [-0.2, -0.15) is 5.10 Å². The smallest absolute Gasteiger partial charge is 0.213 e. The van der Waals surface area contributed by atoms with Gasteiger partial charge in [-0.15, -0.1) is 0 Å². The highest BCUT2D eigenvalue weighted by atomic mass is 32.1. The van der Waals surface area contributed by atoms with Crippen molar-refractivity contribution in [1.29, 1.82) is 0 Å². The highest BCUT2D eigenvalue weighted by Crippen LogP contribution is 2.17. The summed E-state index contributed by atoms with van der Waals surface area (Å²) in [6, 6.07) is 10.0.